The lowest BCUT2D eigenvalue weighted by atomic mass is 9.86. The van der Waals surface area contributed by atoms with Crippen molar-refractivity contribution in [3.63, 3.8) is 0 Å². The summed E-state index contributed by atoms with van der Waals surface area (Å²) in [5.74, 6) is -121. The zero-order valence-corrected chi connectivity index (χ0v) is 35.1. The number of alkyl halides is 34. The largest absolute Gasteiger partial charge is 0.460 e. The third-order valence-corrected chi connectivity index (χ3v) is 13.7. The molecule has 418 valence electrons. The fraction of sp³-hybridized carbons (Fsp3) is 0.824. The summed E-state index contributed by atoms with van der Waals surface area (Å²) in [6, 6.07) is 4.91. The van der Waals surface area contributed by atoms with Gasteiger partial charge in [-0.2, -0.15) is 149 Å². The molecule has 1 aromatic rings. The van der Waals surface area contributed by atoms with Crippen LogP contribution in [0.3, 0.4) is 0 Å². The maximum Gasteiger partial charge on any atom is 0.460 e. The van der Waals surface area contributed by atoms with Gasteiger partial charge in [-0.05, 0) is 37.4 Å². The molecular formula is C34H28F34O2Si. The van der Waals surface area contributed by atoms with E-state index in [2.05, 4.69) is 0 Å². The van der Waals surface area contributed by atoms with E-state index in [-0.39, 0.29) is 25.7 Å². The lowest BCUT2D eigenvalue weighted by Crippen LogP contribution is -2.74. The van der Waals surface area contributed by atoms with Crippen LogP contribution in [0.4, 0.5) is 149 Å². The molecule has 0 aliphatic heterocycles. The molecule has 1 atom stereocenters. The molecule has 0 spiro atoms. The molecule has 1 fully saturated rings. The van der Waals surface area contributed by atoms with Crippen LogP contribution in [-0.2, 0) is 8.85 Å². The first kappa shape index (κ1) is 64.1. The first-order valence-corrected chi connectivity index (χ1v) is 21.1. The van der Waals surface area contributed by atoms with Crippen LogP contribution in [0.2, 0.25) is 6.55 Å². The molecule has 0 saturated heterocycles. The average Bonchev–Trinajstić information content (AvgIpc) is 3.20. The molecule has 1 aliphatic carbocycles. The molecule has 71 heavy (non-hydrogen) atoms. The zero-order valence-electron chi connectivity index (χ0n) is 34.1. The first-order chi connectivity index (χ1) is 31.0. The maximum atomic E-state index is 15.0. The summed E-state index contributed by atoms with van der Waals surface area (Å²) in [6.07, 6.45) is -32.7. The summed E-state index contributed by atoms with van der Waals surface area (Å²) in [7, 11) is -4.94. The quantitative estimate of drug-likeness (QED) is 0.0803. The van der Waals surface area contributed by atoms with E-state index < -0.39 is 147 Å². The lowest BCUT2D eigenvalue weighted by Gasteiger charge is -2.43. The van der Waals surface area contributed by atoms with Crippen molar-refractivity contribution in [1.29, 1.82) is 0 Å². The van der Waals surface area contributed by atoms with Gasteiger partial charge < -0.3 is 8.85 Å². The minimum absolute atomic E-state index is 0.0538. The van der Waals surface area contributed by atoms with Crippen LogP contribution in [0, 0.1) is 0 Å². The first-order valence-electron chi connectivity index (χ1n) is 18.8. The van der Waals surface area contributed by atoms with Crippen LogP contribution >= 0.6 is 0 Å². The SMILES string of the molecule is C[Si](OC1CCCCC1)(OC(CCC(F)(F)C(F)(F)C(F)(F)C(F)(F)C(F)(F)C(F)(F)C(F)(F)C(F)(F)F)CCC(F)(F)C(F)(F)C(F)(F)C(F)(F)C(F)(F)C(F)(F)C(F)(F)C(F)(F)F)c1ccccc1. The highest BCUT2D eigenvalue weighted by atomic mass is 28.4. The summed E-state index contributed by atoms with van der Waals surface area (Å²) < 4.78 is 483. The molecular weight excluding hydrogens is 1110 g/mol. The topological polar surface area (TPSA) is 18.5 Å². The Morgan fingerprint density at radius 1 is 0.394 bits per heavy atom. The van der Waals surface area contributed by atoms with Crippen LogP contribution < -0.4 is 5.19 Å². The van der Waals surface area contributed by atoms with Crippen LogP contribution in [0.25, 0.3) is 0 Å². The van der Waals surface area contributed by atoms with Crippen molar-refractivity contribution in [2.45, 2.75) is 172 Å². The highest BCUT2D eigenvalue weighted by Gasteiger charge is 2.97. The molecule has 0 N–H and O–H groups in total. The van der Waals surface area contributed by atoms with Crippen LogP contribution in [0.5, 0.6) is 0 Å². The Kier molecular flexibility index (Phi) is 17.1. The van der Waals surface area contributed by atoms with E-state index in [0.29, 0.717) is 13.0 Å². The second kappa shape index (κ2) is 19.0. The number of rotatable bonds is 23. The summed E-state index contributed by atoms with van der Waals surface area (Å²) in [5, 5.41) is -0.431. The molecule has 0 radical (unpaired) electrons. The molecule has 1 unspecified atom stereocenters. The van der Waals surface area contributed by atoms with E-state index in [1.54, 1.807) is 0 Å². The Morgan fingerprint density at radius 2 is 0.662 bits per heavy atom. The number of benzene rings is 1. The van der Waals surface area contributed by atoms with Crippen molar-refractivity contribution in [2.24, 2.45) is 0 Å². The highest BCUT2D eigenvalue weighted by molar-refractivity contribution is 6.80. The Bertz CT molecular complexity index is 1830. The monoisotopic (exact) mass is 1140 g/mol. The van der Waals surface area contributed by atoms with Gasteiger partial charge in [0.25, 0.3) is 0 Å². The van der Waals surface area contributed by atoms with Crippen LogP contribution in [0.15, 0.2) is 30.3 Å². The predicted octanol–water partition coefficient (Wildman–Crippen LogP) is 15.3. The van der Waals surface area contributed by atoms with Gasteiger partial charge in [-0.25, -0.2) is 0 Å². The molecule has 0 amide bonds. The summed E-state index contributed by atoms with van der Waals surface area (Å²) >= 11 is 0. The van der Waals surface area contributed by atoms with Crippen molar-refractivity contribution in [1.82, 2.24) is 0 Å². The minimum atomic E-state index is -9.15. The molecule has 37 heteroatoms. The molecule has 2 nitrogen and oxygen atoms in total. The fourth-order valence-electron chi connectivity index (χ4n) is 6.38. The van der Waals surface area contributed by atoms with E-state index in [4.69, 9.17) is 8.85 Å². The van der Waals surface area contributed by atoms with Gasteiger partial charge in [0.05, 0.1) is 0 Å². The average molecular weight is 1140 g/mol. The van der Waals surface area contributed by atoms with Crippen molar-refractivity contribution >= 4 is 13.7 Å². The predicted molar refractivity (Wildman–Crippen MR) is 170 cm³/mol. The van der Waals surface area contributed by atoms with Crippen molar-refractivity contribution < 1.29 is 158 Å². The van der Waals surface area contributed by atoms with Gasteiger partial charge in [0.2, 0.25) is 0 Å². The minimum Gasteiger partial charge on any atom is -0.388 e. The Hall–Kier alpha value is -3.02. The number of hydrogen-bond donors (Lipinski definition) is 0. The molecule has 2 rings (SSSR count). The molecule has 1 aliphatic rings. The van der Waals surface area contributed by atoms with Gasteiger partial charge in [0.1, 0.15) is 0 Å². The van der Waals surface area contributed by atoms with E-state index in [9.17, 15) is 132 Å². The molecule has 0 heterocycles. The van der Waals surface area contributed by atoms with Crippen LogP contribution in [0.1, 0.15) is 57.8 Å². The fourth-order valence-corrected chi connectivity index (χ4v) is 9.25. The smallest absolute Gasteiger partial charge is 0.388 e. The standard InChI is InChI=1S/C34H28F34O2Si/c1-71(18-10-6-3-7-11-18,69-16-8-4-2-5-9-16)70-17(12-14-19(35,36)21(39,40)23(43,44)25(47,48)27(51,52)29(55,56)31(59,60)33(63,64)65)13-15-20(37,38)22(41,42)24(45,46)26(49,50)28(53,54)30(57,58)32(61,62)34(66,67)68/h3,6-7,10-11,16-17H,2,4-5,8-9,12-15H2,1H3. The molecule has 0 aromatic heterocycles. The van der Waals surface area contributed by atoms with Gasteiger partial charge in [0, 0.05) is 25.0 Å². The third kappa shape index (κ3) is 10.1. The second-order valence-electron chi connectivity index (χ2n) is 15.8. The molecule has 1 saturated carbocycles. The molecule has 1 aromatic carbocycles. The maximum absolute atomic E-state index is 15.0. The highest BCUT2D eigenvalue weighted by Crippen LogP contribution is 2.66. The molecule has 0 bridgehead atoms. The summed E-state index contributed by atoms with van der Waals surface area (Å²) in [4.78, 5) is 0. The van der Waals surface area contributed by atoms with Crippen LogP contribution in [-0.4, -0.2) is 116 Å². The van der Waals surface area contributed by atoms with E-state index in [0.717, 1.165) is 30.3 Å². The van der Waals surface area contributed by atoms with Gasteiger partial charge in [0.15, 0.2) is 0 Å². The van der Waals surface area contributed by atoms with Crippen molar-refractivity contribution in [2.75, 3.05) is 0 Å². The second-order valence-corrected chi connectivity index (χ2v) is 18.7. The van der Waals surface area contributed by atoms with Gasteiger partial charge in [-0.3, -0.25) is 0 Å². The van der Waals surface area contributed by atoms with Gasteiger partial charge >= 0.3 is 104 Å². The number of halogens is 34. The third-order valence-electron chi connectivity index (χ3n) is 10.8. The van der Waals surface area contributed by atoms with Gasteiger partial charge in [-0.15, -0.1) is 0 Å². The lowest BCUT2D eigenvalue weighted by molar-refractivity contribution is -0.462. The van der Waals surface area contributed by atoms with Gasteiger partial charge in [-0.1, -0.05) is 49.6 Å². The summed E-state index contributed by atoms with van der Waals surface area (Å²) in [5.41, 5.74) is 0. The Labute approximate surface area is 374 Å². The van der Waals surface area contributed by atoms with Crippen molar-refractivity contribution in [3.8, 4) is 0 Å². The normalized spacial score (nSPS) is 18.3. The summed E-state index contributed by atoms with van der Waals surface area (Å²) in [6.45, 7) is 0.685. The zero-order chi connectivity index (χ0) is 56.5. The van der Waals surface area contributed by atoms with E-state index >= 15 is 17.6 Å². The van der Waals surface area contributed by atoms with E-state index in [1.807, 2.05) is 0 Å². The van der Waals surface area contributed by atoms with Crippen molar-refractivity contribution in [3.05, 3.63) is 30.3 Å². The number of hydrogen-bond acceptors (Lipinski definition) is 2. The Morgan fingerprint density at radius 3 is 0.944 bits per heavy atom. The Balaban J connectivity index is 2.79. The van der Waals surface area contributed by atoms with E-state index in [1.165, 1.54) is 0 Å².